The second kappa shape index (κ2) is 5.48. The van der Waals surface area contributed by atoms with E-state index in [0.717, 1.165) is 17.9 Å². The van der Waals surface area contributed by atoms with Crippen LogP contribution in [0.4, 0.5) is 5.69 Å². The number of anilines is 1. The van der Waals surface area contributed by atoms with Crippen molar-refractivity contribution < 1.29 is 0 Å². The van der Waals surface area contributed by atoms with Gasteiger partial charge in [-0.25, -0.2) is 0 Å². The smallest absolute Gasteiger partial charge is 0.0408 e. The first-order chi connectivity index (χ1) is 9.24. The molecule has 0 saturated carbocycles. The SMILES string of the molecule is CSc1ccc(NC2Cc3ccc(Cl)cc3C2)cc1. The zero-order valence-corrected chi connectivity index (χ0v) is 12.4. The molecule has 1 unspecified atom stereocenters. The zero-order chi connectivity index (χ0) is 13.2. The predicted octanol–water partition coefficient (Wildman–Crippen LogP) is 4.64. The fourth-order valence-electron chi connectivity index (χ4n) is 2.61. The maximum atomic E-state index is 6.04. The highest BCUT2D eigenvalue weighted by atomic mass is 35.5. The van der Waals surface area contributed by atoms with Gasteiger partial charge < -0.3 is 5.32 Å². The van der Waals surface area contributed by atoms with Crippen molar-refractivity contribution in [3.63, 3.8) is 0 Å². The van der Waals surface area contributed by atoms with Crippen LogP contribution >= 0.6 is 23.4 Å². The monoisotopic (exact) mass is 289 g/mol. The number of hydrogen-bond donors (Lipinski definition) is 1. The predicted molar refractivity (Wildman–Crippen MR) is 84.5 cm³/mol. The van der Waals surface area contributed by atoms with E-state index < -0.39 is 0 Å². The normalized spacial score (nSPS) is 17.3. The molecule has 1 atom stereocenters. The molecule has 0 aromatic heterocycles. The molecule has 2 aromatic carbocycles. The summed E-state index contributed by atoms with van der Waals surface area (Å²) < 4.78 is 0. The molecule has 0 amide bonds. The van der Waals surface area contributed by atoms with Gasteiger partial charge in [0.15, 0.2) is 0 Å². The average molecular weight is 290 g/mol. The zero-order valence-electron chi connectivity index (χ0n) is 10.8. The van der Waals surface area contributed by atoms with E-state index in [-0.39, 0.29) is 0 Å². The number of benzene rings is 2. The second-order valence-electron chi connectivity index (χ2n) is 4.89. The quantitative estimate of drug-likeness (QED) is 0.826. The number of fused-ring (bicyclic) bond motifs is 1. The van der Waals surface area contributed by atoms with Crippen LogP contribution in [0.5, 0.6) is 0 Å². The van der Waals surface area contributed by atoms with E-state index in [9.17, 15) is 0 Å². The first-order valence-corrected chi connectivity index (χ1v) is 8.03. The third kappa shape index (κ3) is 2.90. The van der Waals surface area contributed by atoms with E-state index in [1.54, 1.807) is 11.8 Å². The average Bonchev–Trinajstić information content (AvgIpc) is 2.81. The molecule has 0 bridgehead atoms. The van der Waals surface area contributed by atoms with Gasteiger partial charge in [0.25, 0.3) is 0 Å². The van der Waals surface area contributed by atoms with E-state index >= 15 is 0 Å². The van der Waals surface area contributed by atoms with Crippen LogP contribution in [-0.4, -0.2) is 12.3 Å². The Balaban J connectivity index is 1.69. The number of thioether (sulfide) groups is 1. The van der Waals surface area contributed by atoms with E-state index in [4.69, 9.17) is 11.6 Å². The number of rotatable bonds is 3. The topological polar surface area (TPSA) is 12.0 Å². The second-order valence-corrected chi connectivity index (χ2v) is 6.21. The van der Waals surface area contributed by atoms with Crippen LogP contribution in [0.2, 0.25) is 5.02 Å². The van der Waals surface area contributed by atoms with Crippen LogP contribution in [0.15, 0.2) is 47.4 Å². The summed E-state index contributed by atoms with van der Waals surface area (Å²) in [4.78, 5) is 1.30. The van der Waals surface area contributed by atoms with Gasteiger partial charge in [0.2, 0.25) is 0 Å². The van der Waals surface area contributed by atoms with Crippen molar-refractivity contribution in [1.82, 2.24) is 0 Å². The minimum absolute atomic E-state index is 0.480. The number of nitrogens with one attached hydrogen (secondary N) is 1. The van der Waals surface area contributed by atoms with Crippen molar-refractivity contribution in [3.05, 3.63) is 58.6 Å². The van der Waals surface area contributed by atoms with E-state index in [1.807, 2.05) is 6.07 Å². The maximum absolute atomic E-state index is 6.04. The molecule has 0 radical (unpaired) electrons. The molecule has 0 saturated heterocycles. The lowest BCUT2D eigenvalue weighted by atomic mass is 10.1. The molecule has 0 heterocycles. The largest absolute Gasteiger partial charge is 0.382 e. The fourth-order valence-corrected chi connectivity index (χ4v) is 3.21. The van der Waals surface area contributed by atoms with E-state index in [1.165, 1.54) is 21.7 Å². The van der Waals surface area contributed by atoms with Crippen molar-refractivity contribution in [2.24, 2.45) is 0 Å². The minimum atomic E-state index is 0.480. The van der Waals surface area contributed by atoms with Gasteiger partial charge in [0, 0.05) is 21.6 Å². The van der Waals surface area contributed by atoms with Gasteiger partial charge in [-0.2, -0.15) is 0 Å². The van der Waals surface area contributed by atoms with Crippen molar-refractivity contribution in [2.45, 2.75) is 23.8 Å². The lowest BCUT2D eigenvalue weighted by molar-refractivity contribution is 0.774. The first-order valence-electron chi connectivity index (χ1n) is 6.42. The Morgan fingerprint density at radius 2 is 1.79 bits per heavy atom. The van der Waals surface area contributed by atoms with Gasteiger partial charge >= 0.3 is 0 Å². The molecule has 3 heteroatoms. The number of hydrogen-bond acceptors (Lipinski definition) is 2. The highest BCUT2D eigenvalue weighted by Crippen LogP contribution is 2.27. The van der Waals surface area contributed by atoms with Gasteiger partial charge in [0.1, 0.15) is 0 Å². The van der Waals surface area contributed by atoms with Crippen molar-refractivity contribution >= 4 is 29.1 Å². The number of halogens is 1. The van der Waals surface area contributed by atoms with E-state index in [2.05, 4.69) is 48.0 Å². The molecule has 0 spiro atoms. The van der Waals surface area contributed by atoms with Gasteiger partial charge in [-0.15, -0.1) is 11.8 Å². The Kier molecular flexibility index (Phi) is 3.72. The molecule has 1 nitrogen and oxygen atoms in total. The summed E-state index contributed by atoms with van der Waals surface area (Å²) in [6.07, 6.45) is 4.23. The van der Waals surface area contributed by atoms with E-state index in [0.29, 0.717) is 6.04 Å². The summed E-state index contributed by atoms with van der Waals surface area (Å²) in [5.41, 5.74) is 4.00. The molecule has 0 fully saturated rings. The highest BCUT2D eigenvalue weighted by Gasteiger charge is 2.21. The van der Waals surface area contributed by atoms with Gasteiger partial charge in [-0.1, -0.05) is 17.7 Å². The molecule has 1 aliphatic carbocycles. The van der Waals surface area contributed by atoms with Crippen molar-refractivity contribution in [1.29, 1.82) is 0 Å². The van der Waals surface area contributed by atoms with Crippen molar-refractivity contribution in [3.8, 4) is 0 Å². The molecular weight excluding hydrogens is 274 g/mol. The fraction of sp³-hybridized carbons (Fsp3) is 0.250. The Morgan fingerprint density at radius 1 is 1.05 bits per heavy atom. The Hall–Kier alpha value is -1.12. The Morgan fingerprint density at radius 3 is 2.53 bits per heavy atom. The molecule has 1 aliphatic rings. The molecular formula is C16H16ClNS. The third-order valence-corrected chi connectivity index (χ3v) is 4.54. The van der Waals surface area contributed by atoms with Gasteiger partial charge in [-0.05, 0) is 66.6 Å². The molecule has 3 rings (SSSR count). The van der Waals surface area contributed by atoms with Crippen LogP contribution < -0.4 is 5.32 Å². The third-order valence-electron chi connectivity index (χ3n) is 3.56. The van der Waals surface area contributed by atoms with Crippen LogP contribution in [0.3, 0.4) is 0 Å². The summed E-state index contributed by atoms with van der Waals surface area (Å²) in [5.74, 6) is 0. The lowest BCUT2D eigenvalue weighted by Gasteiger charge is -2.13. The summed E-state index contributed by atoms with van der Waals surface area (Å²) in [5, 5.41) is 4.44. The van der Waals surface area contributed by atoms with Crippen molar-refractivity contribution in [2.75, 3.05) is 11.6 Å². The molecule has 1 N–H and O–H groups in total. The van der Waals surface area contributed by atoms with Gasteiger partial charge in [0.05, 0.1) is 0 Å². The minimum Gasteiger partial charge on any atom is -0.382 e. The van der Waals surface area contributed by atoms with Gasteiger partial charge in [-0.3, -0.25) is 0 Å². The maximum Gasteiger partial charge on any atom is 0.0408 e. The molecule has 19 heavy (non-hydrogen) atoms. The standard InChI is InChI=1S/C16H16ClNS/c1-19-16-6-4-14(5-7-16)18-15-9-11-2-3-13(17)8-12(11)10-15/h2-8,15,18H,9-10H2,1H3. The molecule has 2 aromatic rings. The summed E-state index contributed by atoms with van der Waals surface area (Å²) >= 11 is 7.81. The first kappa shape index (κ1) is 12.9. The van der Waals surface area contributed by atoms with Crippen LogP contribution in [0.1, 0.15) is 11.1 Å². The van der Waals surface area contributed by atoms with Crippen LogP contribution in [0.25, 0.3) is 0 Å². The molecule has 98 valence electrons. The van der Waals surface area contributed by atoms with Crippen LogP contribution in [0, 0.1) is 0 Å². The summed E-state index contributed by atoms with van der Waals surface area (Å²) in [6, 6.07) is 15.3. The lowest BCUT2D eigenvalue weighted by Crippen LogP contribution is -2.19. The molecule has 0 aliphatic heterocycles. The Labute approximate surface area is 123 Å². The summed E-state index contributed by atoms with van der Waals surface area (Å²) in [6.45, 7) is 0. The van der Waals surface area contributed by atoms with Crippen LogP contribution in [-0.2, 0) is 12.8 Å². The Bertz CT molecular complexity index is 580. The summed E-state index contributed by atoms with van der Waals surface area (Å²) in [7, 11) is 0. The highest BCUT2D eigenvalue weighted by molar-refractivity contribution is 7.98.